The molecule has 1 aromatic rings. The molecule has 0 aromatic carbocycles. The van der Waals surface area contributed by atoms with Gasteiger partial charge in [-0.25, -0.2) is 9.97 Å². The second-order valence-electron chi connectivity index (χ2n) is 4.28. The lowest BCUT2D eigenvalue weighted by Gasteiger charge is -2.17. The highest BCUT2D eigenvalue weighted by atomic mass is 32.3. The lowest BCUT2D eigenvalue weighted by molar-refractivity contribution is -0.117. The number of rotatable bonds is 3. The Hall–Kier alpha value is -1.97. The van der Waals surface area contributed by atoms with Gasteiger partial charge in [0.15, 0.2) is 11.6 Å². The van der Waals surface area contributed by atoms with Crippen LogP contribution in [0, 0.1) is 5.92 Å². The average Bonchev–Trinajstić information content (AvgIpc) is 2.61. The van der Waals surface area contributed by atoms with E-state index in [1.807, 2.05) is 0 Å². The molecule has 1 aliphatic heterocycles. The Morgan fingerprint density at radius 3 is 2.74 bits per heavy atom. The highest BCUT2D eigenvalue weighted by Crippen LogP contribution is 2.30. The summed E-state index contributed by atoms with van der Waals surface area (Å²) >= 11 is 0. The lowest BCUT2D eigenvalue weighted by atomic mass is 10.1. The van der Waals surface area contributed by atoms with Gasteiger partial charge in [0, 0.05) is 18.9 Å². The van der Waals surface area contributed by atoms with Crippen LogP contribution in [0.3, 0.4) is 0 Å². The van der Waals surface area contributed by atoms with Crippen molar-refractivity contribution >= 4 is 33.5 Å². The number of amides is 1. The van der Waals surface area contributed by atoms with Crippen LogP contribution in [0.1, 0.15) is 6.42 Å². The molecule has 1 fully saturated rings. The molecule has 2 rings (SSSR count). The fraction of sp³-hybridized carbons (Fsp3) is 0.444. The second kappa shape index (κ2) is 4.61. The third-order valence-electron chi connectivity index (χ3n) is 2.79. The summed E-state index contributed by atoms with van der Waals surface area (Å²) in [5.41, 5.74) is 11.2. The van der Waals surface area contributed by atoms with Gasteiger partial charge in [0.1, 0.15) is 12.0 Å². The van der Waals surface area contributed by atoms with Crippen LogP contribution in [0.15, 0.2) is 6.33 Å². The first kappa shape index (κ1) is 13.5. The summed E-state index contributed by atoms with van der Waals surface area (Å²) in [4.78, 5) is 20.5. The van der Waals surface area contributed by atoms with Gasteiger partial charge in [-0.15, -0.1) is 3.89 Å². The summed E-state index contributed by atoms with van der Waals surface area (Å²) in [5, 5.41) is 0. The highest BCUT2D eigenvalue weighted by Gasteiger charge is 2.35. The molecule has 1 aliphatic rings. The number of carbonyl (C=O) groups excluding carboxylic acids is 1. The van der Waals surface area contributed by atoms with Gasteiger partial charge in [-0.05, 0) is 0 Å². The quantitative estimate of drug-likeness (QED) is 0.702. The van der Waals surface area contributed by atoms with Crippen molar-refractivity contribution < 1.29 is 17.1 Å². The smallest absolute Gasteiger partial charge is 0.302 e. The summed E-state index contributed by atoms with van der Waals surface area (Å²) in [6, 6.07) is 0. The zero-order chi connectivity index (χ0) is 14.2. The maximum Gasteiger partial charge on any atom is 0.302 e. The molecule has 4 N–H and O–H groups in total. The Morgan fingerprint density at radius 1 is 1.42 bits per heavy atom. The van der Waals surface area contributed by atoms with Gasteiger partial charge in [-0.2, -0.15) is 8.42 Å². The van der Waals surface area contributed by atoms with Crippen LogP contribution in [0.2, 0.25) is 0 Å². The minimum absolute atomic E-state index is 0.0272. The van der Waals surface area contributed by atoms with Crippen LogP contribution in [0.25, 0.3) is 0 Å². The molecule has 104 valence electrons. The van der Waals surface area contributed by atoms with E-state index < -0.39 is 21.9 Å². The molecule has 0 aliphatic carbocycles. The van der Waals surface area contributed by atoms with Crippen molar-refractivity contribution in [2.75, 3.05) is 28.7 Å². The molecule has 0 bridgehead atoms. The number of aromatic nitrogens is 2. The summed E-state index contributed by atoms with van der Waals surface area (Å²) in [7, 11) is -4.62. The Labute approximate surface area is 108 Å². The van der Waals surface area contributed by atoms with Crippen molar-refractivity contribution in [3.8, 4) is 0 Å². The Bertz CT molecular complexity index is 620. The molecule has 19 heavy (non-hydrogen) atoms. The molecule has 10 heteroatoms. The Morgan fingerprint density at radius 2 is 2.11 bits per heavy atom. The first-order valence-corrected chi connectivity index (χ1v) is 6.92. The SMILES string of the molecule is Nc1ncnc(N2CC(CS(=O)(=O)F)CC2=O)c1N. The van der Waals surface area contributed by atoms with Gasteiger partial charge >= 0.3 is 10.2 Å². The summed E-state index contributed by atoms with van der Waals surface area (Å²) < 4.78 is 33.8. The van der Waals surface area contributed by atoms with Gasteiger partial charge in [-0.3, -0.25) is 9.69 Å². The Balaban J connectivity index is 2.23. The predicted molar refractivity (Wildman–Crippen MR) is 66.2 cm³/mol. The van der Waals surface area contributed by atoms with E-state index in [4.69, 9.17) is 11.5 Å². The van der Waals surface area contributed by atoms with Crippen LogP contribution in [0.4, 0.5) is 21.2 Å². The van der Waals surface area contributed by atoms with E-state index in [2.05, 4.69) is 9.97 Å². The zero-order valence-electron chi connectivity index (χ0n) is 9.78. The van der Waals surface area contributed by atoms with E-state index in [9.17, 15) is 17.1 Å². The van der Waals surface area contributed by atoms with Crippen LogP contribution in [-0.4, -0.2) is 36.6 Å². The molecular formula is C9H12FN5O3S. The van der Waals surface area contributed by atoms with E-state index in [1.54, 1.807) is 0 Å². The van der Waals surface area contributed by atoms with Crippen molar-refractivity contribution in [2.45, 2.75) is 6.42 Å². The number of nitrogens with two attached hydrogens (primary N) is 2. The molecule has 1 saturated heterocycles. The van der Waals surface area contributed by atoms with Crippen molar-refractivity contribution in [3.63, 3.8) is 0 Å². The first-order valence-electron chi connectivity index (χ1n) is 5.36. The second-order valence-corrected chi connectivity index (χ2v) is 5.69. The topological polar surface area (TPSA) is 132 Å². The maximum atomic E-state index is 12.6. The molecule has 8 nitrogen and oxygen atoms in total. The largest absolute Gasteiger partial charge is 0.393 e. The fourth-order valence-corrected chi connectivity index (χ4v) is 2.78. The monoisotopic (exact) mass is 289 g/mol. The van der Waals surface area contributed by atoms with Gasteiger partial charge in [0.25, 0.3) is 0 Å². The number of anilines is 3. The minimum atomic E-state index is -4.62. The normalized spacial score (nSPS) is 19.9. The van der Waals surface area contributed by atoms with Crippen LogP contribution in [-0.2, 0) is 15.0 Å². The van der Waals surface area contributed by atoms with E-state index in [1.165, 1.54) is 4.90 Å². The molecule has 1 atom stereocenters. The van der Waals surface area contributed by atoms with Crippen molar-refractivity contribution in [2.24, 2.45) is 5.92 Å². The molecule has 1 aromatic heterocycles. The third-order valence-corrected chi connectivity index (χ3v) is 3.66. The van der Waals surface area contributed by atoms with E-state index in [0.29, 0.717) is 0 Å². The maximum absolute atomic E-state index is 12.6. The number of hydrogen-bond donors (Lipinski definition) is 2. The lowest BCUT2D eigenvalue weighted by Crippen LogP contribution is -2.27. The zero-order valence-corrected chi connectivity index (χ0v) is 10.6. The molecule has 2 heterocycles. The van der Waals surface area contributed by atoms with Gasteiger partial charge in [0.2, 0.25) is 5.91 Å². The molecule has 0 radical (unpaired) electrons. The fourth-order valence-electron chi connectivity index (χ4n) is 1.99. The van der Waals surface area contributed by atoms with E-state index >= 15 is 0 Å². The van der Waals surface area contributed by atoms with Crippen LogP contribution in [0.5, 0.6) is 0 Å². The van der Waals surface area contributed by atoms with Gasteiger partial charge in [-0.1, -0.05) is 0 Å². The number of hydrogen-bond acceptors (Lipinski definition) is 7. The Kier molecular flexibility index (Phi) is 3.27. The highest BCUT2D eigenvalue weighted by molar-refractivity contribution is 7.86. The molecule has 1 amide bonds. The van der Waals surface area contributed by atoms with Gasteiger partial charge in [0.05, 0.1) is 5.75 Å². The summed E-state index contributed by atoms with van der Waals surface area (Å²) in [6.07, 6.45) is 1.07. The van der Waals surface area contributed by atoms with Crippen molar-refractivity contribution in [1.29, 1.82) is 0 Å². The third kappa shape index (κ3) is 2.89. The van der Waals surface area contributed by atoms with Gasteiger partial charge < -0.3 is 11.5 Å². The van der Waals surface area contributed by atoms with Crippen molar-refractivity contribution in [3.05, 3.63) is 6.33 Å². The van der Waals surface area contributed by atoms with Crippen LogP contribution < -0.4 is 16.4 Å². The minimum Gasteiger partial charge on any atom is -0.393 e. The molecule has 0 spiro atoms. The number of nitrogen functional groups attached to an aromatic ring is 2. The molecular weight excluding hydrogens is 277 g/mol. The van der Waals surface area contributed by atoms with E-state index in [-0.39, 0.29) is 36.2 Å². The summed E-state index contributed by atoms with van der Waals surface area (Å²) in [6.45, 7) is 0.0304. The van der Waals surface area contributed by atoms with E-state index in [0.717, 1.165) is 6.33 Å². The number of carbonyl (C=O) groups is 1. The van der Waals surface area contributed by atoms with Crippen molar-refractivity contribution in [1.82, 2.24) is 9.97 Å². The summed E-state index contributed by atoms with van der Waals surface area (Å²) in [5.74, 6) is -1.55. The number of nitrogens with zero attached hydrogens (tertiary/aromatic N) is 3. The number of halogens is 1. The first-order chi connectivity index (χ1) is 8.78. The standard InChI is InChI=1S/C9H12FN5O3S/c10-19(17,18)3-5-1-6(16)15(2-5)9-7(11)8(12)13-4-14-9/h4-5H,1-3,11H2,(H2,12,13,14). The van der Waals surface area contributed by atoms with Crippen LogP contribution >= 0.6 is 0 Å². The average molecular weight is 289 g/mol. The molecule has 1 unspecified atom stereocenters. The molecule has 0 saturated carbocycles. The predicted octanol–water partition coefficient (Wildman–Crippen LogP) is -0.707.